The summed E-state index contributed by atoms with van der Waals surface area (Å²) in [5, 5.41) is 0.325. The molecular weight excluding hydrogens is 347 g/mol. The first-order chi connectivity index (χ1) is 12.0. The number of carbonyl (C=O) groups excluding carboxylic acids is 2. The highest BCUT2D eigenvalue weighted by Gasteiger charge is 2.30. The van der Waals surface area contributed by atoms with Crippen LogP contribution < -0.4 is 0 Å². The van der Waals surface area contributed by atoms with Crippen molar-refractivity contribution in [3.05, 3.63) is 34.6 Å². The van der Waals surface area contributed by atoms with Crippen LogP contribution in [0.2, 0.25) is 5.02 Å². The first kappa shape index (κ1) is 19.7. The quantitative estimate of drug-likeness (QED) is 0.773. The summed E-state index contributed by atoms with van der Waals surface area (Å²) in [6.45, 7) is 3.64. The molecule has 0 radical (unpaired) electrons. The molecule has 1 heterocycles. The molecule has 0 aromatic heterocycles. The number of methoxy groups -OCH3 is 1. The van der Waals surface area contributed by atoms with Gasteiger partial charge in [0.1, 0.15) is 12.4 Å². The highest BCUT2D eigenvalue weighted by atomic mass is 35.5. The highest BCUT2D eigenvalue weighted by molar-refractivity contribution is 6.31. The summed E-state index contributed by atoms with van der Waals surface area (Å²) < 4.78 is 18.8. The van der Waals surface area contributed by atoms with E-state index in [-0.39, 0.29) is 30.9 Å². The van der Waals surface area contributed by atoms with Crippen LogP contribution in [-0.2, 0) is 20.9 Å². The number of benzene rings is 1. The maximum atomic E-state index is 14.0. The molecule has 7 heteroatoms. The minimum Gasteiger partial charge on any atom is -0.375 e. The summed E-state index contributed by atoms with van der Waals surface area (Å²) in [7, 11) is 1.49. The summed E-state index contributed by atoms with van der Waals surface area (Å²) in [6.07, 6.45) is 1.21. The van der Waals surface area contributed by atoms with E-state index in [1.807, 2.05) is 6.92 Å². The number of halogens is 2. The van der Waals surface area contributed by atoms with E-state index in [4.69, 9.17) is 16.3 Å². The van der Waals surface area contributed by atoms with E-state index in [1.54, 1.807) is 21.9 Å². The van der Waals surface area contributed by atoms with Crippen LogP contribution in [0.3, 0.4) is 0 Å². The zero-order valence-corrected chi connectivity index (χ0v) is 15.4. The van der Waals surface area contributed by atoms with E-state index in [2.05, 4.69) is 0 Å². The number of nitrogens with zero attached hydrogens (tertiary/aromatic N) is 2. The molecule has 1 saturated heterocycles. The number of rotatable bonds is 6. The maximum absolute atomic E-state index is 14.0. The fraction of sp³-hybridized carbons (Fsp3) is 0.556. The van der Waals surface area contributed by atoms with Gasteiger partial charge in [0.25, 0.3) is 0 Å². The number of carbonyl (C=O) groups is 2. The second-order valence-electron chi connectivity index (χ2n) is 6.14. The Balaban J connectivity index is 1.98. The average Bonchev–Trinajstić information content (AvgIpc) is 2.61. The molecule has 0 atom stereocenters. The molecule has 25 heavy (non-hydrogen) atoms. The van der Waals surface area contributed by atoms with Gasteiger partial charge in [-0.15, -0.1) is 0 Å². The van der Waals surface area contributed by atoms with E-state index >= 15 is 0 Å². The Morgan fingerprint density at radius 1 is 1.36 bits per heavy atom. The van der Waals surface area contributed by atoms with E-state index in [0.717, 1.165) is 0 Å². The van der Waals surface area contributed by atoms with Crippen LogP contribution in [0.5, 0.6) is 0 Å². The van der Waals surface area contributed by atoms with Crippen molar-refractivity contribution in [2.45, 2.75) is 26.3 Å². The molecule has 1 aliphatic rings. The Morgan fingerprint density at radius 3 is 2.60 bits per heavy atom. The Bertz CT molecular complexity index is 598. The maximum Gasteiger partial charge on any atom is 0.248 e. The lowest BCUT2D eigenvalue weighted by Crippen LogP contribution is -2.45. The van der Waals surface area contributed by atoms with Crippen LogP contribution in [0.4, 0.5) is 4.39 Å². The largest absolute Gasteiger partial charge is 0.375 e. The molecule has 138 valence electrons. The van der Waals surface area contributed by atoms with Crippen LogP contribution >= 0.6 is 11.6 Å². The molecule has 1 aromatic carbocycles. The van der Waals surface area contributed by atoms with Gasteiger partial charge >= 0.3 is 0 Å². The number of piperidine rings is 1. The zero-order chi connectivity index (χ0) is 18.4. The Labute approximate surface area is 152 Å². The van der Waals surface area contributed by atoms with Crippen LogP contribution in [0.15, 0.2) is 18.2 Å². The highest BCUT2D eigenvalue weighted by Crippen LogP contribution is 2.24. The Kier molecular flexibility index (Phi) is 7.20. The molecule has 2 rings (SSSR count). The molecule has 1 aromatic rings. The topological polar surface area (TPSA) is 49.9 Å². The molecule has 2 amide bonds. The van der Waals surface area contributed by atoms with Crippen molar-refractivity contribution in [2.75, 3.05) is 33.4 Å². The van der Waals surface area contributed by atoms with Gasteiger partial charge in [0.2, 0.25) is 11.8 Å². The van der Waals surface area contributed by atoms with Gasteiger partial charge in [-0.25, -0.2) is 4.39 Å². The lowest BCUT2D eigenvalue weighted by molar-refractivity contribution is -0.142. The van der Waals surface area contributed by atoms with Crippen molar-refractivity contribution in [3.8, 4) is 0 Å². The summed E-state index contributed by atoms with van der Waals surface area (Å²) in [6, 6.07) is 4.52. The number of likely N-dealkylation sites (tertiary alicyclic amines) is 1. The number of amides is 2. The SMILES string of the molecule is CCN(Cc1c(F)cccc1Cl)C(=O)C1CCN(C(=O)COC)CC1. The fourth-order valence-corrected chi connectivity index (χ4v) is 3.29. The monoisotopic (exact) mass is 370 g/mol. The van der Waals surface area contributed by atoms with Crippen LogP contribution in [-0.4, -0.2) is 55.0 Å². The third kappa shape index (κ3) is 4.92. The molecule has 0 unspecified atom stereocenters. The van der Waals surface area contributed by atoms with Crippen LogP contribution in [0, 0.1) is 11.7 Å². The van der Waals surface area contributed by atoms with Crippen molar-refractivity contribution in [1.82, 2.24) is 9.80 Å². The van der Waals surface area contributed by atoms with Gasteiger partial charge in [-0.1, -0.05) is 17.7 Å². The van der Waals surface area contributed by atoms with Gasteiger partial charge in [0.05, 0.1) is 0 Å². The predicted octanol–water partition coefficient (Wildman–Crippen LogP) is 2.71. The first-order valence-corrected chi connectivity index (χ1v) is 8.84. The molecule has 0 spiro atoms. The smallest absolute Gasteiger partial charge is 0.248 e. The molecule has 0 N–H and O–H groups in total. The molecule has 5 nitrogen and oxygen atoms in total. The van der Waals surface area contributed by atoms with E-state index in [0.29, 0.717) is 43.1 Å². The van der Waals surface area contributed by atoms with Crippen LogP contribution in [0.25, 0.3) is 0 Å². The minimum atomic E-state index is -0.404. The van der Waals surface area contributed by atoms with Crippen molar-refractivity contribution in [3.63, 3.8) is 0 Å². The second kappa shape index (κ2) is 9.15. The molecule has 0 saturated carbocycles. The standard InChI is InChI=1S/C18H24ClFN2O3/c1-3-21(11-14-15(19)5-4-6-16(14)20)18(24)13-7-9-22(10-8-13)17(23)12-25-2/h4-6,13H,3,7-12H2,1-2H3. The molecular formula is C18H24ClFN2O3. The molecule has 0 aliphatic carbocycles. The third-order valence-electron chi connectivity index (χ3n) is 4.57. The van der Waals surface area contributed by atoms with Gasteiger partial charge in [-0.3, -0.25) is 9.59 Å². The van der Waals surface area contributed by atoms with Gasteiger partial charge < -0.3 is 14.5 Å². The molecule has 1 fully saturated rings. The Hall–Kier alpha value is -1.66. The van der Waals surface area contributed by atoms with E-state index < -0.39 is 5.82 Å². The van der Waals surface area contributed by atoms with Gasteiger partial charge in [-0.2, -0.15) is 0 Å². The van der Waals surface area contributed by atoms with Gasteiger partial charge in [0, 0.05) is 49.8 Å². The lowest BCUT2D eigenvalue weighted by atomic mass is 9.95. The number of hydrogen-bond acceptors (Lipinski definition) is 3. The fourth-order valence-electron chi connectivity index (χ4n) is 3.07. The summed E-state index contributed by atoms with van der Waals surface area (Å²) in [4.78, 5) is 28.0. The number of hydrogen-bond donors (Lipinski definition) is 0. The summed E-state index contributed by atoms with van der Waals surface area (Å²) in [5.74, 6) is -0.629. The predicted molar refractivity (Wildman–Crippen MR) is 93.7 cm³/mol. The van der Waals surface area contributed by atoms with Crippen molar-refractivity contribution >= 4 is 23.4 Å². The van der Waals surface area contributed by atoms with Crippen molar-refractivity contribution < 1.29 is 18.7 Å². The van der Waals surface area contributed by atoms with Gasteiger partial charge in [0.15, 0.2) is 0 Å². The summed E-state index contributed by atoms with van der Waals surface area (Å²) in [5.41, 5.74) is 0.340. The van der Waals surface area contributed by atoms with E-state index in [1.165, 1.54) is 13.2 Å². The second-order valence-corrected chi connectivity index (χ2v) is 6.55. The lowest BCUT2D eigenvalue weighted by Gasteiger charge is -2.34. The average molecular weight is 371 g/mol. The molecule has 1 aliphatic heterocycles. The Morgan fingerprint density at radius 2 is 2.04 bits per heavy atom. The normalized spacial score (nSPS) is 15.3. The van der Waals surface area contributed by atoms with Gasteiger partial charge in [-0.05, 0) is 31.9 Å². The zero-order valence-electron chi connectivity index (χ0n) is 14.6. The third-order valence-corrected chi connectivity index (χ3v) is 4.92. The van der Waals surface area contributed by atoms with Crippen molar-refractivity contribution in [1.29, 1.82) is 0 Å². The van der Waals surface area contributed by atoms with Crippen molar-refractivity contribution in [2.24, 2.45) is 5.92 Å². The van der Waals surface area contributed by atoms with Crippen LogP contribution in [0.1, 0.15) is 25.3 Å². The number of ether oxygens (including phenoxy) is 1. The van der Waals surface area contributed by atoms with E-state index in [9.17, 15) is 14.0 Å². The summed E-state index contributed by atoms with van der Waals surface area (Å²) >= 11 is 6.07. The minimum absolute atomic E-state index is 0.0133. The molecule has 0 bridgehead atoms. The first-order valence-electron chi connectivity index (χ1n) is 8.46.